The molecule has 0 aromatic heterocycles. The van der Waals surface area contributed by atoms with Gasteiger partial charge >= 0.3 is 0 Å². The van der Waals surface area contributed by atoms with E-state index >= 15 is 0 Å². The standard InChI is InChI=1S/C36H60O30/c37-1-7-25-13(43)19(49)31(55-7)62-26-8(2-38)57-33(21(51)15(26)45)64-28-10(4-40)59-35(23(53)17(28)47)66-30-12(6-42)60-36(24(54)18(30)48)65-29-11(5-41)58-34(22(52)16(29)46)63-27-9(3-39)56-32(61-25)20(50)14(27)44/h7-54H,1-6H2/t7-,8-,9-,10-,11-,12-,13-,14-,15-,16-,17-,18+,19-,20-,21-,22-,23-,24-,25+,26+,27+,28+,29+,30+,31+,32+,33+,34+,35+,36+/m0/s1. The molecule has 0 saturated carbocycles. The van der Waals surface area contributed by atoms with Crippen molar-refractivity contribution < 1.29 is 149 Å². The first-order valence-corrected chi connectivity index (χ1v) is 21.1. The smallest absolute Gasteiger partial charge is 0.187 e. The molecule has 22 saturated heterocycles. The molecule has 12 bridgehead atoms. The average Bonchev–Trinajstić information content (AvgIpc) is 3.31. The van der Waals surface area contributed by atoms with Gasteiger partial charge in [-0.1, -0.05) is 0 Å². The summed E-state index contributed by atoms with van der Waals surface area (Å²) >= 11 is 0. The van der Waals surface area contributed by atoms with Gasteiger partial charge in [0.05, 0.1) is 39.6 Å². The Balaban J connectivity index is 1.19. The topological polar surface area (TPSA) is 475 Å². The van der Waals surface area contributed by atoms with Crippen molar-refractivity contribution in [2.45, 2.75) is 184 Å². The molecule has 0 radical (unpaired) electrons. The second-order valence-corrected chi connectivity index (χ2v) is 16.8. The Labute approximate surface area is 372 Å². The van der Waals surface area contributed by atoms with Crippen LogP contribution >= 0.6 is 0 Å². The first-order valence-electron chi connectivity index (χ1n) is 21.1. The first-order chi connectivity index (χ1) is 31.4. The zero-order valence-corrected chi connectivity index (χ0v) is 34.5. The van der Waals surface area contributed by atoms with Gasteiger partial charge in [0.1, 0.15) is 146 Å². The molecule has 22 heterocycles. The highest BCUT2D eigenvalue weighted by atomic mass is 16.8. The summed E-state index contributed by atoms with van der Waals surface area (Å²) in [5.41, 5.74) is 0. The molecule has 22 fully saturated rings. The van der Waals surface area contributed by atoms with Crippen molar-refractivity contribution in [1.29, 1.82) is 0 Å². The van der Waals surface area contributed by atoms with Gasteiger partial charge in [0, 0.05) is 0 Å². The Morgan fingerprint density at radius 1 is 0.182 bits per heavy atom. The fraction of sp³-hybridized carbons (Fsp3) is 1.00. The molecule has 0 amide bonds. The summed E-state index contributed by atoms with van der Waals surface area (Å²) in [5, 5.41) is 196. The Morgan fingerprint density at radius 2 is 0.303 bits per heavy atom. The van der Waals surface area contributed by atoms with Gasteiger partial charge in [-0.25, -0.2) is 0 Å². The molecule has 30 atom stereocenters. The van der Waals surface area contributed by atoms with E-state index in [2.05, 4.69) is 0 Å². The number of rotatable bonds is 6. The van der Waals surface area contributed by atoms with Crippen molar-refractivity contribution in [2.24, 2.45) is 0 Å². The van der Waals surface area contributed by atoms with E-state index in [1.807, 2.05) is 0 Å². The number of ether oxygens (including phenoxy) is 12. The van der Waals surface area contributed by atoms with Crippen LogP contribution in [0.3, 0.4) is 0 Å². The van der Waals surface area contributed by atoms with E-state index in [1.54, 1.807) is 0 Å². The Hall–Kier alpha value is -1.20. The van der Waals surface area contributed by atoms with Crippen molar-refractivity contribution in [1.82, 2.24) is 0 Å². The van der Waals surface area contributed by atoms with E-state index in [9.17, 15) is 91.9 Å². The number of hydrogen-bond donors (Lipinski definition) is 18. The maximum Gasteiger partial charge on any atom is 0.187 e. The Kier molecular flexibility index (Phi) is 17.6. The van der Waals surface area contributed by atoms with Crippen LogP contribution in [0.5, 0.6) is 0 Å². The van der Waals surface area contributed by atoms with E-state index in [1.165, 1.54) is 0 Å². The average molecular weight is 973 g/mol. The zero-order chi connectivity index (χ0) is 48.0. The van der Waals surface area contributed by atoms with Crippen molar-refractivity contribution >= 4 is 0 Å². The highest BCUT2D eigenvalue weighted by Crippen LogP contribution is 2.38. The molecule has 22 aliphatic heterocycles. The molecule has 30 heteroatoms. The van der Waals surface area contributed by atoms with Crippen LogP contribution in [0.2, 0.25) is 0 Å². The molecule has 0 aromatic rings. The Morgan fingerprint density at radius 3 is 0.409 bits per heavy atom. The van der Waals surface area contributed by atoms with Gasteiger partial charge in [-0.05, 0) is 0 Å². The van der Waals surface area contributed by atoms with Crippen molar-refractivity contribution in [3.63, 3.8) is 0 Å². The fourth-order valence-corrected chi connectivity index (χ4v) is 8.93. The summed E-state index contributed by atoms with van der Waals surface area (Å²) < 4.78 is 67.9. The minimum atomic E-state index is -2.15. The van der Waals surface area contributed by atoms with Crippen LogP contribution in [0, 0.1) is 0 Å². The maximum atomic E-state index is 11.2. The van der Waals surface area contributed by atoms with Gasteiger partial charge in [-0.3, -0.25) is 0 Å². The van der Waals surface area contributed by atoms with Crippen LogP contribution in [0.15, 0.2) is 0 Å². The highest BCUT2D eigenvalue weighted by Gasteiger charge is 2.58. The molecule has 384 valence electrons. The summed E-state index contributed by atoms with van der Waals surface area (Å²) in [6.45, 7) is -5.99. The Bertz CT molecular complexity index is 1230. The predicted molar refractivity (Wildman–Crippen MR) is 196 cm³/mol. The third-order valence-electron chi connectivity index (χ3n) is 12.7. The normalized spacial score (nSPS) is 55.4. The summed E-state index contributed by atoms with van der Waals surface area (Å²) in [7, 11) is 0. The van der Waals surface area contributed by atoms with Crippen LogP contribution in [0.1, 0.15) is 0 Å². The van der Waals surface area contributed by atoms with Crippen LogP contribution in [0.25, 0.3) is 0 Å². The first kappa shape index (κ1) is 52.6. The van der Waals surface area contributed by atoms with Gasteiger partial charge in [0.25, 0.3) is 0 Å². The number of hydrogen-bond acceptors (Lipinski definition) is 30. The molecule has 22 aliphatic rings. The molecular formula is C36H60O30. The van der Waals surface area contributed by atoms with Crippen LogP contribution in [-0.4, -0.2) is 316 Å². The van der Waals surface area contributed by atoms with Crippen molar-refractivity contribution in [3.05, 3.63) is 0 Å². The van der Waals surface area contributed by atoms with E-state index in [-0.39, 0.29) is 0 Å². The lowest BCUT2D eigenvalue weighted by Gasteiger charge is -2.50. The molecular weight excluding hydrogens is 912 g/mol. The molecule has 0 unspecified atom stereocenters. The van der Waals surface area contributed by atoms with E-state index in [4.69, 9.17) is 56.8 Å². The van der Waals surface area contributed by atoms with Gasteiger partial charge in [-0.15, -0.1) is 0 Å². The largest absolute Gasteiger partial charge is 0.394 e. The van der Waals surface area contributed by atoms with E-state index in [0.29, 0.717) is 0 Å². The van der Waals surface area contributed by atoms with Crippen LogP contribution in [0.4, 0.5) is 0 Å². The zero-order valence-electron chi connectivity index (χ0n) is 34.5. The van der Waals surface area contributed by atoms with Crippen LogP contribution < -0.4 is 0 Å². The van der Waals surface area contributed by atoms with Gasteiger partial charge in [0.2, 0.25) is 0 Å². The van der Waals surface area contributed by atoms with E-state index in [0.717, 1.165) is 0 Å². The lowest BCUT2D eigenvalue weighted by molar-refractivity contribution is -0.404. The van der Waals surface area contributed by atoms with Crippen molar-refractivity contribution in [3.8, 4) is 0 Å². The third-order valence-corrected chi connectivity index (χ3v) is 12.7. The lowest BCUT2D eigenvalue weighted by Crippen LogP contribution is -2.69. The number of aliphatic hydroxyl groups is 18. The second kappa shape index (κ2) is 22.1. The summed E-state index contributed by atoms with van der Waals surface area (Å²) in [4.78, 5) is 0. The summed E-state index contributed by atoms with van der Waals surface area (Å²) in [6.07, 6.45) is -58.5. The third kappa shape index (κ3) is 10.0. The quantitative estimate of drug-likeness (QED) is 0.117. The van der Waals surface area contributed by atoms with Crippen LogP contribution in [-0.2, 0) is 56.8 Å². The molecule has 30 nitrogen and oxygen atoms in total. The molecule has 66 heavy (non-hydrogen) atoms. The SMILES string of the molecule is OC[C@@H]1O[C@@H]2O[C@H]3[C@@H](O)[C@H](O)[C@@H](O[C@H]4[C@@H](O)[C@H](O)[C@@H](O[C@H]5[C@@H](O)[C@H](O)[C@@H](O[C@H]6[C@@H](O)[C@H](O)[C@@H](O[C@H]7[C@@H](O)[C@H](O)[C@@H](O[C@H]1[C@H](O)[C@@H]2O)O[C@H]7CO)O[C@H]6CO)O[C@H]5CO)O[C@H]4CO)O[C@H]3CO. The van der Waals surface area contributed by atoms with Gasteiger partial charge in [-0.2, -0.15) is 0 Å². The molecule has 0 aromatic carbocycles. The fourth-order valence-electron chi connectivity index (χ4n) is 8.93. The molecule has 0 spiro atoms. The molecule has 0 aliphatic carbocycles. The summed E-state index contributed by atoms with van der Waals surface area (Å²) in [6, 6.07) is 0. The minimum Gasteiger partial charge on any atom is -0.394 e. The maximum absolute atomic E-state index is 11.2. The highest BCUT2D eigenvalue weighted by molar-refractivity contribution is 5.01. The number of aliphatic hydroxyl groups excluding tert-OH is 18. The lowest BCUT2D eigenvalue weighted by atomic mass is 9.94. The minimum absolute atomic E-state index is 0.999. The van der Waals surface area contributed by atoms with Gasteiger partial charge < -0.3 is 149 Å². The predicted octanol–water partition coefficient (Wildman–Crippen LogP) is -13.1. The second-order valence-electron chi connectivity index (χ2n) is 16.8. The summed E-state index contributed by atoms with van der Waals surface area (Å²) in [5.74, 6) is 0. The molecule has 18 N–H and O–H groups in total. The van der Waals surface area contributed by atoms with E-state index < -0.39 is 224 Å². The van der Waals surface area contributed by atoms with Crippen molar-refractivity contribution in [2.75, 3.05) is 39.6 Å². The molecule has 22 rings (SSSR count). The van der Waals surface area contributed by atoms with Gasteiger partial charge in [0.15, 0.2) is 37.7 Å². The monoisotopic (exact) mass is 972 g/mol.